The van der Waals surface area contributed by atoms with Gasteiger partial charge in [0.1, 0.15) is 5.41 Å². The summed E-state index contributed by atoms with van der Waals surface area (Å²) in [5.41, 5.74) is 1.44. The number of carbonyl (C=O) groups excluding carboxylic acids is 4. The molecule has 2 heterocycles. The lowest BCUT2D eigenvalue weighted by molar-refractivity contribution is -0.149. The third kappa shape index (κ3) is 4.87. The third-order valence-electron chi connectivity index (χ3n) is 9.30. The molecule has 3 aliphatic rings. The molecule has 8 heteroatoms. The average molecular weight is 571 g/mol. The maximum absolute atomic E-state index is 14.3. The SMILES string of the molecule is C=C1[C@@H](C)[C@H]2[C@H](Cc3c[nH]c4ccccc34)NC(=O)[C@]23C(=O)/C=C/C(=O)[C@H](OC(C)=O)/C(C)=C\[C@@H](C)C/C=C/[C@H]3[C@@H]1O. The highest BCUT2D eigenvalue weighted by atomic mass is 16.5. The molecule has 0 bridgehead atoms. The van der Waals surface area contributed by atoms with Crippen LogP contribution in [0.3, 0.4) is 0 Å². The molecule has 3 N–H and O–H groups in total. The number of para-hydroxylation sites is 1. The van der Waals surface area contributed by atoms with E-state index < -0.39 is 58.9 Å². The molecule has 8 atom stereocenters. The summed E-state index contributed by atoms with van der Waals surface area (Å²) >= 11 is 0. The Morgan fingerprint density at radius 2 is 1.90 bits per heavy atom. The quantitative estimate of drug-likeness (QED) is 0.289. The number of nitrogens with one attached hydrogen (secondary N) is 2. The highest BCUT2D eigenvalue weighted by Gasteiger charge is 2.68. The lowest BCUT2D eigenvalue weighted by atomic mass is 9.52. The fourth-order valence-corrected chi connectivity index (χ4v) is 7.32. The molecule has 1 saturated heterocycles. The molecule has 2 fully saturated rings. The van der Waals surface area contributed by atoms with Crippen LogP contribution in [0.1, 0.15) is 39.7 Å². The molecule has 5 rings (SSSR count). The van der Waals surface area contributed by atoms with E-state index in [4.69, 9.17) is 4.74 Å². The van der Waals surface area contributed by atoms with Crippen LogP contribution in [-0.2, 0) is 30.3 Å². The van der Waals surface area contributed by atoms with Gasteiger partial charge in [-0.15, -0.1) is 0 Å². The Balaban J connectivity index is 1.62. The second-order valence-corrected chi connectivity index (χ2v) is 12.0. The largest absolute Gasteiger partial charge is 0.450 e. The zero-order chi connectivity index (χ0) is 30.3. The number of aliphatic hydroxyl groups is 1. The first-order chi connectivity index (χ1) is 20.0. The van der Waals surface area contributed by atoms with Crippen LogP contribution in [0, 0.1) is 29.1 Å². The van der Waals surface area contributed by atoms with Crippen molar-refractivity contribution in [1.29, 1.82) is 0 Å². The molecule has 1 aromatic heterocycles. The number of fused-ring (bicyclic) bond motifs is 1. The summed E-state index contributed by atoms with van der Waals surface area (Å²) in [7, 11) is 0. The molecule has 220 valence electrons. The van der Waals surface area contributed by atoms with Crippen LogP contribution in [-0.4, -0.2) is 51.8 Å². The lowest BCUT2D eigenvalue weighted by Gasteiger charge is -2.48. The second-order valence-electron chi connectivity index (χ2n) is 12.0. The minimum atomic E-state index is -1.67. The first-order valence-electron chi connectivity index (χ1n) is 14.5. The van der Waals surface area contributed by atoms with Crippen molar-refractivity contribution in [3.63, 3.8) is 0 Å². The van der Waals surface area contributed by atoms with Gasteiger partial charge in [-0.3, -0.25) is 19.2 Å². The number of aromatic nitrogens is 1. The number of ketones is 2. The summed E-state index contributed by atoms with van der Waals surface area (Å²) in [4.78, 5) is 56.9. The number of hydrogen-bond donors (Lipinski definition) is 3. The van der Waals surface area contributed by atoms with Gasteiger partial charge in [0, 0.05) is 41.9 Å². The van der Waals surface area contributed by atoms with Gasteiger partial charge in [0.2, 0.25) is 11.7 Å². The molecule has 0 radical (unpaired) electrons. The molecule has 1 aliphatic heterocycles. The fraction of sp³-hybridized carbons (Fsp3) is 0.412. The topological polar surface area (TPSA) is 126 Å². The Labute approximate surface area is 245 Å². The maximum atomic E-state index is 14.3. The van der Waals surface area contributed by atoms with Crippen LogP contribution < -0.4 is 5.32 Å². The summed E-state index contributed by atoms with van der Waals surface area (Å²) in [6.07, 6.45) is 8.34. The molecular weight excluding hydrogens is 532 g/mol. The van der Waals surface area contributed by atoms with Crippen molar-refractivity contribution in [2.75, 3.05) is 0 Å². The van der Waals surface area contributed by atoms with Crippen molar-refractivity contribution < 1.29 is 29.0 Å². The number of rotatable bonds is 3. The number of benzene rings is 1. The van der Waals surface area contributed by atoms with Crippen LogP contribution in [0.2, 0.25) is 0 Å². The van der Waals surface area contributed by atoms with Gasteiger partial charge < -0.3 is 20.1 Å². The van der Waals surface area contributed by atoms with E-state index in [1.54, 1.807) is 13.0 Å². The molecule has 1 saturated carbocycles. The van der Waals surface area contributed by atoms with Gasteiger partial charge in [-0.2, -0.15) is 0 Å². The molecule has 1 amide bonds. The van der Waals surface area contributed by atoms with E-state index >= 15 is 0 Å². The van der Waals surface area contributed by atoms with Crippen LogP contribution in [0.25, 0.3) is 10.9 Å². The van der Waals surface area contributed by atoms with Crippen LogP contribution >= 0.6 is 0 Å². The molecule has 1 spiro atoms. The molecule has 42 heavy (non-hydrogen) atoms. The van der Waals surface area contributed by atoms with Gasteiger partial charge in [0.05, 0.1) is 6.10 Å². The average Bonchev–Trinajstić information content (AvgIpc) is 3.49. The van der Waals surface area contributed by atoms with Crippen molar-refractivity contribution in [2.45, 2.75) is 58.8 Å². The third-order valence-corrected chi connectivity index (χ3v) is 9.30. The smallest absolute Gasteiger partial charge is 0.303 e. The Morgan fingerprint density at radius 3 is 2.64 bits per heavy atom. The molecular formula is C34H38N2O6. The molecule has 2 aliphatic carbocycles. The molecule has 0 unspecified atom stereocenters. The monoisotopic (exact) mass is 570 g/mol. The number of aliphatic hydroxyl groups excluding tert-OH is 1. The van der Waals surface area contributed by atoms with E-state index in [0.29, 0.717) is 24.0 Å². The van der Waals surface area contributed by atoms with Crippen molar-refractivity contribution in [3.05, 3.63) is 84.1 Å². The van der Waals surface area contributed by atoms with E-state index in [-0.39, 0.29) is 11.8 Å². The summed E-state index contributed by atoms with van der Waals surface area (Å²) in [6, 6.07) is 7.48. The first-order valence-corrected chi connectivity index (χ1v) is 14.5. The molecule has 1 aromatic carbocycles. The summed E-state index contributed by atoms with van der Waals surface area (Å²) in [5, 5.41) is 15.7. The number of carbonyl (C=O) groups is 4. The first kappa shape index (κ1) is 29.5. The van der Waals surface area contributed by atoms with Crippen LogP contribution in [0.4, 0.5) is 0 Å². The van der Waals surface area contributed by atoms with E-state index in [1.165, 1.54) is 6.92 Å². The number of allylic oxidation sites excluding steroid dienone is 3. The Bertz CT molecular complexity index is 1550. The van der Waals surface area contributed by atoms with E-state index in [1.807, 2.05) is 56.5 Å². The molecule has 2 aromatic rings. The van der Waals surface area contributed by atoms with E-state index in [0.717, 1.165) is 28.6 Å². The number of esters is 1. The number of aromatic amines is 1. The van der Waals surface area contributed by atoms with Crippen molar-refractivity contribution in [2.24, 2.45) is 29.1 Å². The Morgan fingerprint density at radius 1 is 1.17 bits per heavy atom. The normalized spacial score (nSPS) is 36.4. The van der Waals surface area contributed by atoms with Gasteiger partial charge in [-0.1, -0.05) is 56.9 Å². The van der Waals surface area contributed by atoms with Crippen molar-refractivity contribution in [1.82, 2.24) is 10.3 Å². The highest BCUT2D eigenvalue weighted by Crippen LogP contribution is 2.56. The maximum Gasteiger partial charge on any atom is 0.303 e. The number of hydrogen-bond acceptors (Lipinski definition) is 6. The van der Waals surface area contributed by atoms with Gasteiger partial charge in [0.15, 0.2) is 11.9 Å². The van der Waals surface area contributed by atoms with Crippen LogP contribution in [0.5, 0.6) is 0 Å². The summed E-state index contributed by atoms with van der Waals surface area (Å²) in [5.74, 6) is -4.07. The highest BCUT2D eigenvalue weighted by molar-refractivity contribution is 6.15. The van der Waals surface area contributed by atoms with Gasteiger partial charge in [-0.05, 0) is 66.5 Å². The molecule has 8 nitrogen and oxygen atoms in total. The second kappa shape index (κ2) is 11.3. The number of amides is 1. The van der Waals surface area contributed by atoms with Crippen molar-refractivity contribution >= 4 is 34.3 Å². The minimum absolute atomic E-state index is 0.0471. The lowest BCUT2D eigenvalue weighted by Crippen LogP contribution is -2.58. The predicted octanol–water partition coefficient (Wildman–Crippen LogP) is 4.16. The van der Waals surface area contributed by atoms with Gasteiger partial charge in [-0.25, -0.2) is 0 Å². The summed E-state index contributed by atoms with van der Waals surface area (Å²) in [6.45, 7) is 11.0. The van der Waals surface area contributed by atoms with Gasteiger partial charge >= 0.3 is 5.97 Å². The predicted molar refractivity (Wildman–Crippen MR) is 159 cm³/mol. The van der Waals surface area contributed by atoms with Gasteiger partial charge in [0.25, 0.3) is 0 Å². The standard InChI is InChI=1S/C34H38N2O6/c1-18-9-8-11-25-31(40)21(4)20(3)30-27(16-23-17-35-26-12-7-6-10-24(23)26)36-33(41)34(25,30)29(39)14-13-28(38)32(19(2)15-18)42-22(5)37/h6-8,10-15,17-18,20,25,27,30-32,35,40H,4,9,16H2,1-3,5H3,(H,36,41)/b11-8+,14-13+,19-15-/t18-,20+,25-,27-,30-,31+,32+,34+/m0/s1. The zero-order valence-corrected chi connectivity index (χ0v) is 24.4. The number of ether oxygens (including phenoxy) is 1. The van der Waals surface area contributed by atoms with Crippen molar-refractivity contribution in [3.8, 4) is 0 Å². The summed E-state index contributed by atoms with van der Waals surface area (Å²) < 4.78 is 5.34. The fourth-order valence-electron chi connectivity index (χ4n) is 7.32. The Hall–Kier alpha value is -4.04. The minimum Gasteiger partial charge on any atom is -0.450 e. The number of H-pyrrole nitrogens is 1. The Kier molecular flexibility index (Phi) is 7.94. The van der Waals surface area contributed by atoms with Crippen LogP contribution in [0.15, 0.2) is 78.6 Å². The van der Waals surface area contributed by atoms with E-state index in [2.05, 4.69) is 16.9 Å². The van der Waals surface area contributed by atoms with E-state index in [9.17, 15) is 24.3 Å². The zero-order valence-electron chi connectivity index (χ0n) is 24.4.